The Morgan fingerprint density at radius 3 is 2.74 bits per heavy atom. The van der Waals surface area contributed by atoms with Gasteiger partial charge in [-0.1, -0.05) is 48.8 Å². The van der Waals surface area contributed by atoms with Gasteiger partial charge in [-0.2, -0.15) is 9.61 Å². The highest BCUT2D eigenvalue weighted by Gasteiger charge is 2.21. The summed E-state index contributed by atoms with van der Waals surface area (Å²) in [5.41, 5.74) is 0.645. The van der Waals surface area contributed by atoms with Gasteiger partial charge in [0, 0.05) is 12.0 Å². The number of para-hydroxylation sites is 1. The first kappa shape index (κ1) is 22.4. The Bertz CT molecular complexity index is 1390. The monoisotopic (exact) mass is 494 g/mol. The highest BCUT2D eigenvalue weighted by molar-refractivity contribution is 7.16. The molecule has 1 aliphatic carbocycles. The Labute approximate surface area is 203 Å². The molecule has 0 aliphatic heterocycles. The molecule has 0 unspecified atom stereocenters. The molecule has 1 amide bonds. The minimum Gasteiger partial charge on any atom is -0.456 e. The van der Waals surface area contributed by atoms with Crippen molar-refractivity contribution in [3.05, 3.63) is 79.3 Å². The molecule has 0 saturated heterocycles. The average molecular weight is 495 g/mol. The van der Waals surface area contributed by atoms with Crippen molar-refractivity contribution < 1.29 is 14.3 Å². The molecule has 1 aliphatic rings. The van der Waals surface area contributed by atoms with Crippen LogP contribution in [0.1, 0.15) is 68.8 Å². The normalized spacial score (nSPS) is 14.2. The van der Waals surface area contributed by atoms with Crippen molar-refractivity contribution in [3.63, 3.8) is 0 Å². The van der Waals surface area contributed by atoms with Crippen LogP contribution < -0.4 is 10.9 Å². The molecule has 1 saturated carbocycles. The van der Waals surface area contributed by atoms with E-state index in [9.17, 15) is 14.4 Å². The van der Waals surface area contributed by atoms with Crippen LogP contribution in [0.5, 0.6) is 0 Å². The van der Waals surface area contributed by atoms with Gasteiger partial charge in [0.05, 0.1) is 21.8 Å². The lowest BCUT2D eigenvalue weighted by molar-refractivity contribution is 0.0469. The number of fused-ring (bicyclic) bond motifs is 1. The van der Waals surface area contributed by atoms with Gasteiger partial charge in [0.1, 0.15) is 11.6 Å². The first-order chi connectivity index (χ1) is 16.6. The van der Waals surface area contributed by atoms with Crippen molar-refractivity contribution in [2.45, 2.75) is 44.6 Å². The van der Waals surface area contributed by atoms with Gasteiger partial charge < -0.3 is 10.1 Å². The summed E-state index contributed by atoms with van der Waals surface area (Å²) in [4.78, 5) is 43.3. The standard InChI is InChI=1S/C24H22N4O4S2/c29-20-13-16(25-24-28(20)27-22(34-24)15-7-2-1-3-8-15)14-32-23(31)17-9-4-5-10-18(17)26-21(30)19-11-6-12-33-19/h4-6,9-13,15H,1-3,7-8,14H2,(H,26,30). The number of amides is 1. The number of benzene rings is 1. The summed E-state index contributed by atoms with van der Waals surface area (Å²) >= 11 is 2.74. The summed E-state index contributed by atoms with van der Waals surface area (Å²) in [6, 6.07) is 11.5. The lowest BCUT2D eigenvalue weighted by Gasteiger charge is -2.18. The maximum atomic E-state index is 12.8. The van der Waals surface area contributed by atoms with Gasteiger partial charge in [-0.25, -0.2) is 9.78 Å². The number of anilines is 1. The van der Waals surface area contributed by atoms with E-state index in [0.29, 0.717) is 27.1 Å². The van der Waals surface area contributed by atoms with Gasteiger partial charge in [0.2, 0.25) is 4.96 Å². The quantitative estimate of drug-likeness (QED) is 0.384. The lowest BCUT2D eigenvalue weighted by Crippen LogP contribution is -2.18. The number of nitrogens with one attached hydrogen (secondary N) is 1. The number of carbonyl (C=O) groups excluding carboxylic acids is 2. The van der Waals surface area contributed by atoms with Gasteiger partial charge >= 0.3 is 5.97 Å². The predicted octanol–water partition coefficient (Wildman–Crippen LogP) is 4.87. The number of hydrogen-bond donors (Lipinski definition) is 1. The molecule has 0 atom stereocenters. The molecule has 0 radical (unpaired) electrons. The summed E-state index contributed by atoms with van der Waals surface area (Å²) in [5.74, 6) is -0.535. The maximum absolute atomic E-state index is 12.8. The van der Waals surface area contributed by atoms with Gasteiger partial charge in [0.15, 0.2) is 0 Å². The van der Waals surface area contributed by atoms with E-state index in [4.69, 9.17) is 4.74 Å². The third-order valence-electron chi connectivity index (χ3n) is 5.76. The number of ether oxygens (including phenoxy) is 1. The summed E-state index contributed by atoms with van der Waals surface area (Å²) in [6.07, 6.45) is 5.78. The Morgan fingerprint density at radius 1 is 1.12 bits per heavy atom. The van der Waals surface area contributed by atoms with Crippen molar-refractivity contribution in [1.29, 1.82) is 0 Å². The fourth-order valence-electron chi connectivity index (χ4n) is 4.04. The summed E-state index contributed by atoms with van der Waals surface area (Å²) in [7, 11) is 0. The van der Waals surface area contributed by atoms with Crippen LogP contribution in [-0.4, -0.2) is 26.5 Å². The van der Waals surface area contributed by atoms with Crippen molar-refractivity contribution in [2.75, 3.05) is 5.32 Å². The Balaban J connectivity index is 1.30. The van der Waals surface area contributed by atoms with E-state index in [2.05, 4.69) is 15.4 Å². The van der Waals surface area contributed by atoms with Gasteiger partial charge in [-0.3, -0.25) is 9.59 Å². The number of carbonyl (C=O) groups is 2. The Morgan fingerprint density at radius 2 is 1.94 bits per heavy atom. The molecule has 8 nitrogen and oxygen atoms in total. The van der Waals surface area contributed by atoms with E-state index in [0.717, 1.165) is 17.8 Å². The lowest BCUT2D eigenvalue weighted by atomic mass is 9.90. The average Bonchev–Trinajstić information content (AvgIpc) is 3.54. The van der Waals surface area contributed by atoms with Crippen LogP contribution >= 0.6 is 22.7 Å². The van der Waals surface area contributed by atoms with E-state index in [1.165, 1.54) is 52.5 Å². The summed E-state index contributed by atoms with van der Waals surface area (Å²) in [6.45, 7) is -0.158. The largest absolute Gasteiger partial charge is 0.456 e. The molecule has 1 aromatic carbocycles. The molecule has 1 N–H and O–H groups in total. The zero-order valence-electron chi connectivity index (χ0n) is 18.2. The van der Waals surface area contributed by atoms with Crippen molar-refractivity contribution in [3.8, 4) is 0 Å². The van der Waals surface area contributed by atoms with Crippen molar-refractivity contribution in [1.82, 2.24) is 14.6 Å². The van der Waals surface area contributed by atoms with Gasteiger partial charge in [-0.05, 0) is 36.4 Å². The molecule has 3 heterocycles. The molecule has 10 heteroatoms. The first-order valence-corrected chi connectivity index (χ1v) is 12.8. The van der Waals surface area contributed by atoms with Crippen LogP contribution in [0.3, 0.4) is 0 Å². The minimum atomic E-state index is -0.615. The van der Waals surface area contributed by atoms with Crippen LogP contribution in [0, 0.1) is 0 Å². The molecule has 4 aromatic rings. The third kappa shape index (κ3) is 4.78. The topological polar surface area (TPSA) is 103 Å². The maximum Gasteiger partial charge on any atom is 0.340 e. The van der Waals surface area contributed by atoms with Gasteiger partial charge in [0.25, 0.3) is 11.5 Å². The molecule has 5 rings (SSSR count). The second kappa shape index (κ2) is 9.86. The zero-order valence-corrected chi connectivity index (χ0v) is 19.9. The molecule has 0 spiro atoms. The molecular formula is C24H22N4O4S2. The minimum absolute atomic E-state index is 0.158. The highest BCUT2D eigenvalue weighted by Crippen LogP contribution is 2.34. The molecule has 174 valence electrons. The number of nitrogens with zero attached hydrogens (tertiary/aromatic N) is 3. The van der Waals surface area contributed by atoms with Crippen molar-refractivity contribution in [2.24, 2.45) is 0 Å². The molecule has 1 fully saturated rings. The zero-order chi connectivity index (χ0) is 23.5. The van der Waals surface area contributed by atoms with Crippen LogP contribution in [-0.2, 0) is 11.3 Å². The number of hydrogen-bond acceptors (Lipinski definition) is 8. The number of rotatable bonds is 6. The van der Waals surface area contributed by atoms with E-state index >= 15 is 0 Å². The highest BCUT2D eigenvalue weighted by atomic mass is 32.1. The Kier molecular flexibility index (Phi) is 6.50. The van der Waals surface area contributed by atoms with E-state index in [1.807, 2.05) is 5.38 Å². The Hall–Kier alpha value is -3.37. The van der Waals surface area contributed by atoms with E-state index in [-0.39, 0.29) is 23.6 Å². The second-order valence-corrected chi connectivity index (χ2v) is 10.0. The number of aromatic nitrogens is 3. The fraction of sp³-hybridized carbons (Fsp3) is 0.292. The van der Waals surface area contributed by atoms with Crippen LogP contribution in [0.15, 0.2) is 52.6 Å². The molecule has 0 bridgehead atoms. The van der Waals surface area contributed by atoms with E-state index in [1.54, 1.807) is 36.4 Å². The van der Waals surface area contributed by atoms with Crippen LogP contribution in [0.25, 0.3) is 4.96 Å². The molecule has 34 heavy (non-hydrogen) atoms. The SMILES string of the molecule is O=C(Nc1ccccc1C(=O)OCc1cc(=O)n2nc(C3CCCCC3)sc2n1)c1cccs1. The third-order valence-corrected chi connectivity index (χ3v) is 7.70. The predicted molar refractivity (Wildman–Crippen MR) is 131 cm³/mol. The van der Waals surface area contributed by atoms with Crippen LogP contribution in [0.2, 0.25) is 0 Å². The molecule has 3 aromatic heterocycles. The summed E-state index contributed by atoms with van der Waals surface area (Å²) < 4.78 is 6.77. The molecular weight excluding hydrogens is 472 g/mol. The number of esters is 1. The van der Waals surface area contributed by atoms with E-state index < -0.39 is 5.97 Å². The van der Waals surface area contributed by atoms with Crippen LogP contribution in [0.4, 0.5) is 5.69 Å². The fourth-order valence-corrected chi connectivity index (χ4v) is 5.75. The van der Waals surface area contributed by atoms with Crippen molar-refractivity contribution >= 4 is 45.2 Å². The second-order valence-electron chi connectivity index (χ2n) is 8.11. The number of thiophene rings is 1. The van der Waals surface area contributed by atoms with Gasteiger partial charge in [-0.15, -0.1) is 11.3 Å². The summed E-state index contributed by atoms with van der Waals surface area (Å²) in [5, 5.41) is 9.99. The smallest absolute Gasteiger partial charge is 0.340 e. The first-order valence-electron chi connectivity index (χ1n) is 11.1.